The first-order chi connectivity index (χ1) is 35.5. The second-order valence-corrected chi connectivity index (χ2v) is 21.1. The Morgan fingerprint density at radius 3 is 2.51 bits per heavy atom. The second kappa shape index (κ2) is 19.5. The Morgan fingerprint density at radius 2 is 1.79 bits per heavy atom. The molecule has 6 aromatic rings. The topological polar surface area (TPSA) is 193 Å². The number of hydrogen-bond donors (Lipinski definition) is 2. The number of esters is 1. The van der Waals surface area contributed by atoms with E-state index in [4.69, 9.17) is 38.8 Å². The summed E-state index contributed by atoms with van der Waals surface area (Å²) in [5.41, 5.74) is 6.56. The molecule has 3 aromatic carbocycles. The molecule has 0 radical (unpaired) electrons. The minimum atomic E-state index is -0.879. The molecule has 6 atom stereocenters. The normalized spacial score (nSPS) is 23.8. The summed E-state index contributed by atoms with van der Waals surface area (Å²) in [7, 11) is 1.28. The van der Waals surface area contributed by atoms with Crippen LogP contribution in [0, 0.1) is 18.7 Å². The third-order valence-corrected chi connectivity index (χ3v) is 15.8. The summed E-state index contributed by atoms with van der Waals surface area (Å²) in [6.45, 7) is 9.33. The second-order valence-electron chi connectivity index (χ2n) is 21.1. The van der Waals surface area contributed by atoms with Gasteiger partial charge in [0.25, 0.3) is 0 Å². The van der Waals surface area contributed by atoms with Crippen LogP contribution in [-0.4, -0.2) is 134 Å². The number of rotatable bonds is 14. The van der Waals surface area contributed by atoms with Crippen LogP contribution in [0.15, 0.2) is 48.8 Å². The number of hydrogen-bond acceptors (Lipinski definition) is 15. The number of likely N-dealkylation sites (tertiary alicyclic amines) is 1. The van der Waals surface area contributed by atoms with Crippen molar-refractivity contribution in [3.05, 3.63) is 71.3 Å². The zero-order valence-electron chi connectivity index (χ0n) is 41.8. The van der Waals surface area contributed by atoms with Crippen LogP contribution in [0.1, 0.15) is 107 Å². The number of piperazine rings is 1. The molecule has 0 spiro atoms. The van der Waals surface area contributed by atoms with Crippen molar-refractivity contribution in [2.45, 2.75) is 134 Å². The van der Waals surface area contributed by atoms with Crippen LogP contribution < -0.4 is 19.7 Å². The maximum atomic E-state index is 16.7. The van der Waals surface area contributed by atoms with Gasteiger partial charge in [0, 0.05) is 91.1 Å². The standard InChI is InChI=1S/C54H63FN10O8/c1-29(2)49(52(67)63-26-36(66)20-44(63)53(68)69-4)64-27-42(60-61-64)33-10-8-31(9-11-33)28-72-50-47(46-30(3)41(55)22-43-40(46)24-57-65(43)45-7-5-6-16-71-45)38(32-12-13-32)21-39-48(50)58-54(73-37-14-17-70-18-15-37)59-51(39)62-25-34-19-35(62)23-56-34/h8-11,21-22,24,27,29,32,34-37,44-45,49,56,66H,5-7,12-20,23,25-26,28H2,1-4H3/t34-,35-,36+,44-,45?,49-/m0/s1. The molecule has 2 bridgehead atoms. The molecule has 1 unspecified atom stereocenters. The highest BCUT2D eigenvalue weighted by atomic mass is 19.1. The molecule has 6 aliphatic rings. The van der Waals surface area contributed by atoms with Crippen molar-refractivity contribution in [2.24, 2.45) is 5.92 Å². The number of β-amino-alcohol motifs (C(OH)–C–C–N with tert-alkyl or cyclic N) is 1. The number of methoxy groups -OCH3 is 1. The Hall–Kier alpha value is -6.28. The van der Waals surface area contributed by atoms with Crippen LogP contribution in [0.25, 0.3) is 44.2 Å². The summed E-state index contributed by atoms with van der Waals surface area (Å²) in [5.74, 6) is 0.126. The number of fused-ring (bicyclic) bond motifs is 4. The molecule has 1 amide bonds. The number of amides is 1. The highest BCUT2D eigenvalue weighted by molar-refractivity contribution is 6.06. The molecular formula is C54H63FN10O8. The predicted molar refractivity (Wildman–Crippen MR) is 268 cm³/mol. The minimum absolute atomic E-state index is 0.0260. The fourth-order valence-corrected chi connectivity index (χ4v) is 11.9. The average molecular weight is 999 g/mol. The smallest absolute Gasteiger partial charge is 0.328 e. The van der Waals surface area contributed by atoms with E-state index in [1.165, 1.54) is 16.7 Å². The lowest BCUT2D eigenvalue weighted by atomic mass is 9.88. The van der Waals surface area contributed by atoms with Crippen molar-refractivity contribution >= 4 is 39.5 Å². The predicted octanol–water partition coefficient (Wildman–Crippen LogP) is 6.95. The number of nitrogens with zero attached hydrogens (tertiary/aromatic N) is 9. The molecule has 1 aliphatic carbocycles. The van der Waals surface area contributed by atoms with Gasteiger partial charge in [-0.1, -0.05) is 43.3 Å². The summed E-state index contributed by atoms with van der Waals surface area (Å²) in [6.07, 6.45) is 9.68. The van der Waals surface area contributed by atoms with Crippen LogP contribution in [0.4, 0.5) is 10.2 Å². The molecule has 12 rings (SSSR count). The van der Waals surface area contributed by atoms with Crippen LogP contribution in [0.2, 0.25) is 0 Å². The number of aliphatic hydroxyl groups excluding tert-OH is 1. The van der Waals surface area contributed by atoms with E-state index in [1.807, 2.05) is 55.9 Å². The molecule has 73 heavy (non-hydrogen) atoms. The molecular weight excluding hydrogens is 936 g/mol. The summed E-state index contributed by atoms with van der Waals surface area (Å²) < 4.78 is 50.9. The number of aliphatic hydroxyl groups is 1. The fraction of sp³-hybridized carbons (Fsp3) is 0.537. The largest absolute Gasteiger partial charge is 0.486 e. The lowest BCUT2D eigenvalue weighted by molar-refractivity contribution is -0.152. The molecule has 1 saturated carbocycles. The maximum absolute atomic E-state index is 16.7. The molecule has 18 nitrogen and oxygen atoms in total. The first kappa shape index (κ1) is 47.7. The van der Waals surface area contributed by atoms with Crippen molar-refractivity contribution in [2.75, 3.05) is 51.5 Å². The van der Waals surface area contributed by atoms with E-state index < -0.39 is 24.2 Å². The van der Waals surface area contributed by atoms with Crippen molar-refractivity contribution in [3.63, 3.8) is 0 Å². The Kier molecular flexibility index (Phi) is 12.8. The number of aromatic nitrogens is 7. The molecule has 2 N–H and O–H groups in total. The number of anilines is 1. The Labute approximate surface area is 422 Å². The Bertz CT molecular complexity index is 3060. The highest BCUT2D eigenvalue weighted by Gasteiger charge is 2.44. The van der Waals surface area contributed by atoms with Crippen molar-refractivity contribution < 1.29 is 42.8 Å². The lowest BCUT2D eigenvalue weighted by Crippen LogP contribution is -2.46. The van der Waals surface area contributed by atoms with Gasteiger partial charge in [0.2, 0.25) is 5.91 Å². The number of nitrogens with one attached hydrogen (secondary N) is 1. The zero-order chi connectivity index (χ0) is 50.1. The number of carbonyl (C=O) groups is 2. The van der Waals surface area contributed by atoms with Gasteiger partial charge >= 0.3 is 12.0 Å². The summed E-state index contributed by atoms with van der Waals surface area (Å²) in [5, 5.41) is 29.5. The quantitative estimate of drug-likeness (QED) is 0.106. The van der Waals surface area contributed by atoms with Crippen LogP contribution in [-0.2, 0) is 30.4 Å². The van der Waals surface area contributed by atoms with Gasteiger partial charge < -0.3 is 43.9 Å². The van der Waals surface area contributed by atoms with E-state index in [0.717, 1.165) is 109 Å². The molecule has 5 aliphatic heterocycles. The maximum Gasteiger partial charge on any atom is 0.328 e. The fourth-order valence-electron chi connectivity index (χ4n) is 11.9. The van der Waals surface area contributed by atoms with E-state index in [-0.39, 0.29) is 67.5 Å². The van der Waals surface area contributed by atoms with E-state index in [9.17, 15) is 14.7 Å². The van der Waals surface area contributed by atoms with Gasteiger partial charge in [-0.2, -0.15) is 15.1 Å². The van der Waals surface area contributed by atoms with Gasteiger partial charge in [-0.25, -0.2) is 18.5 Å². The Morgan fingerprint density at radius 1 is 0.973 bits per heavy atom. The van der Waals surface area contributed by atoms with Crippen molar-refractivity contribution in [1.82, 2.24) is 45.0 Å². The molecule has 3 aromatic heterocycles. The van der Waals surface area contributed by atoms with Crippen LogP contribution >= 0.6 is 0 Å². The number of ether oxygens (including phenoxy) is 5. The molecule has 19 heteroatoms. The minimum Gasteiger partial charge on any atom is -0.486 e. The monoisotopic (exact) mass is 998 g/mol. The van der Waals surface area contributed by atoms with Crippen LogP contribution in [0.5, 0.6) is 11.8 Å². The average Bonchev–Trinajstić information content (AvgIpc) is 3.87. The third kappa shape index (κ3) is 8.94. The number of halogens is 1. The first-order valence-corrected chi connectivity index (χ1v) is 26.1. The first-order valence-electron chi connectivity index (χ1n) is 26.1. The SMILES string of the molecule is COC(=O)[C@@H]1C[C@@H](O)CN1C(=O)[C@H](C(C)C)n1cc(-c2ccc(COc3c(-c4c(C)c(F)cc5c4cnn5C4CCCCO4)c(C4CC4)cc4c(N5C[C@@H]6C[C@H]5CN6)nc(OC5CCOCC5)nc34)cc2)nn1. The third-order valence-electron chi connectivity index (χ3n) is 15.8. The molecule has 8 heterocycles. The van der Waals surface area contributed by atoms with E-state index in [2.05, 4.69) is 26.6 Å². The van der Waals surface area contributed by atoms with Gasteiger partial charge in [-0.15, -0.1) is 5.10 Å². The van der Waals surface area contributed by atoms with E-state index >= 15 is 4.39 Å². The summed E-state index contributed by atoms with van der Waals surface area (Å²) in [6, 6.07) is 10.9. The van der Waals surface area contributed by atoms with E-state index in [0.29, 0.717) is 53.9 Å². The number of carbonyl (C=O) groups excluding carboxylic acids is 2. The van der Waals surface area contributed by atoms with Gasteiger partial charge in [0.05, 0.1) is 44.3 Å². The van der Waals surface area contributed by atoms with Crippen molar-refractivity contribution in [1.29, 1.82) is 0 Å². The summed E-state index contributed by atoms with van der Waals surface area (Å²) in [4.78, 5) is 41.0. The molecule has 5 saturated heterocycles. The zero-order valence-corrected chi connectivity index (χ0v) is 41.8. The summed E-state index contributed by atoms with van der Waals surface area (Å²) >= 11 is 0. The molecule has 384 valence electrons. The van der Waals surface area contributed by atoms with Crippen LogP contribution in [0.3, 0.4) is 0 Å². The van der Waals surface area contributed by atoms with Crippen molar-refractivity contribution in [3.8, 4) is 34.1 Å². The molecule has 6 fully saturated rings. The Balaban J connectivity index is 0.943. The highest BCUT2D eigenvalue weighted by Crippen LogP contribution is 2.54. The van der Waals surface area contributed by atoms with Gasteiger partial charge in [-0.05, 0) is 80.0 Å². The van der Waals surface area contributed by atoms with E-state index in [1.54, 1.807) is 12.3 Å². The van der Waals surface area contributed by atoms with Gasteiger partial charge in [-0.3, -0.25) is 4.79 Å². The lowest BCUT2D eigenvalue weighted by Gasteiger charge is -2.31. The number of benzene rings is 3. The van der Waals surface area contributed by atoms with Gasteiger partial charge in [0.1, 0.15) is 47.6 Å². The van der Waals surface area contributed by atoms with Gasteiger partial charge in [0.15, 0.2) is 12.0 Å².